The van der Waals surface area contributed by atoms with Crippen LogP contribution in [0.2, 0.25) is 5.02 Å². The second-order valence-corrected chi connectivity index (χ2v) is 3.73. The van der Waals surface area contributed by atoms with Gasteiger partial charge in [0.15, 0.2) is 0 Å². The van der Waals surface area contributed by atoms with Crippen LogP contribution in [0.5, 0.6) is 5.75 Å². The number of nitrogens with two attached hydrogens (primary N) is 1. The molecule has 1 aromatic rings. The first-order valence-corrected chi connectivity index (χ1v) is 5.39. The van der Waals surface area contributed by atoms with Gasteiger partial charge in [0, 0.05) is 12.0 Å². The van der Waals surface area contributed by atoms with Crippen LogP contribution in [-0.4, -0.2) is 13.2 Å². The average Bonchev–Trinajstić information content (AvgIpc) is 2.21. The minimum Gasteiger partial charge on any atom is -0.492 e. The predicted molar refractivity (Wildman–Crippen MR) is 60.2 cm³/mol. The Balaban J connectivity index is 2.96. The fourth-order valence-electron chi connectivity index (χ4n) is 1.33. The van der Waals surface area contributed by atoms with Crippen LogP contribution in [0.25, 0.3) is 0 Å². The van der Waals surface area contributed by atoms with Crippen LogP contribution in [0.15, 0.2) is 18.2 Å². The fourth-order valence-corrected chi connectivity index (χ4v) is 1.56. The molecule has 0 spiro atoms. The van der Waals surface area contributed by atoms with Crippen molar-refractivity contribution in [2.75, 3.05) is 13.2 Å². The summed E-state index contributed by atoms with van der Waals surface area (Å²) in [6.07, 6.45) is -0.392. The molecule has 1 aromatic carbocycles. The summed E-state index contributed by atoms with van der Waals surface area (Å²) in [7, 11) is 0. The Bertz CT molecular complexity index is 358. The van der Waals surface area contributed by atoms with E-state index in [0.29, 0.717) is 12.4 Å². The van der Waals surface area contributed by atoms with Gasteiger partial charge >= 0.3 is 0 Å². The van der Waals surface area contributed by atoms with Crippen LogP contribution in [0, 0.1) is 0 Å². The summed E-state index contributed by atoms with van der Waals surface area (Å²) >= 11 is 5.82. The molecule has 90 valence electrons. The summed E-state index contributed by atoms with van der Waals surface area (Å²) < 4.78 is 32.1. The van der Waals surface area contributed by atoms with Gasteiger partial charge in [-0.15, -0.1) is 0 Å². The van der Waals surface area contributed by atoms with Gasteiger partial charge in [0.1, 0.15) is 5.75 Å². The minimum absolute atomic E-state index is 0.0716. The van der Waals surface area contributed by atoms with Crippen molar-refractivity contribution in [1.29, 1.82) is 0 Å². The van der Waals surface area contributed by atoms with Crippen molar-refractivity contribution < 1.29 is 13.5 Å². The van der Waals surface area contributed by atoms with E-state index >= 15 is 0 Å². The minimum atomic E-state index is -2.94. The topological polar surface area (TPSA) is 35.2 Å². The lowest BCUT2D eigenvalue weighted by molar-refractivity contribution is -0.0107. The molecule has 0 heterocycles. The van der Waals surface area contributed by atoms with Crippen LogP contribution in [0.3, 0.4) is 0 Å². The second-order valence-electron chi connectivity index (χ2n) is 3.32. The van der Waals surface area contributed by atoms with E-state index in [1.165, 1.54) is 18.2 Å². The first-order chi connectivity index (χ1) is 7.51. The zero-order chi connectivity index (χ0) is 12.2. The molecule has 0 aliphatic rings. The van der Waals surface area contributed by atoms with E-state index in [1.54, 1.807) is 6.92 Å². The van der Waals surface area contributed by atoms with Crippen molar-refractivity contribution >= 4 is 11.6 Å². The largest absolute Gasteiger partial charge is 0.492 e. The van der Waals surface area contributed by atoms with Crippen molar-refractivity contribution in [3.63, 3.8) is 0 Å². The first kappa shape index (κ1) is 13.2. The van der Waals surface area contributed by atoms with E-state index in [0.717, 1.165) is 0 Å². The van der Waals surface area contributed by atoms with E-state index in [4.69, 9.17) is 22.1 Å². The van der Waals surface area contributed by atoms with Crippen LogP contribution in [0.1, 0.15) is 18.9 Å². The molecule has 0 saturated carbocycles. The summed E-state index contributed by atoms with van der Waals surface area (Å²) in [6, 6.07) is 3.99. The Morgan fingerprint density at radius 2 is 2.12 bits per heavy atom. The molecule has 0 aliphatic carbocycles. The smallest absolute Gasteiger partial charge is 0.274 e. The number of hydrogen-bond donors (Lipinski definition) is 1. The van der Waals surface area contributed by atoms with E-state index < -0.39 is 12.3 Å². The lowest BCUT2D eigenvalue weighted by atomic mass is 10.1. The van der Waals surface area contributed by atoms with E-state index in [-0.39, 0.29) is 17.1 Å². The molecule has 0 bridgehead atoms. The normalized spacial score (nSPS) is 11.6. The van der Waals surface area contributed by atoms with Crippen LogP contribution < -0.4 is 10.5 Å². The Labute approximate surface area is 98.3 Å². The molecule has 0 unspecified atom stereocenters. The number of rotatable bonds is 5. The monoisotopic (exact) mass is 249 g/mol. The Hall–Kier alpha value is -0.870. The van der Waals surface area contributed by atoms with Crippen LogP contribution >= 0.6 is 11.6 Å². The van der Waals surface area contributed by atoms with E-state index in [2.05, 4.69) is 0 Å². The molecule has 0 amide bonds. The maximum Gasteiger partial charge on any atom is 0.274 e. The highest BCUT2D eigenvalue weighted by Crippen LogP contribution is 2.35. The van der Waals surface area contributed by atoms with Gasteiger partial charge in [0.05, 0.1) is 11.6 Å². The molecule has 0 fully saturated rings. The van der Waals surface area contributed by atoms with Gasteiger partial charge in [-0.25, -0.2) is 8.78 Å². The molecular formula is C11H14ClF2NO. The third-order valence-electron chi connectivity index (χ3n) is 2.11. The van der Waals surface area contributed by atoms with Gasteiger partial charge in [-0.05, 0) is 31.7 Å². The maximum atomic E-state index is 13.5. The van der Waals surface area contributed by atoms with Crippen molar-refractivity contribution in [3.05, 3.63) is 28.8 Å². The molecule has 0 aromatic heterocycles. The maximum absolute atomic E-state index is 13.5. The third kappa shape index (κ3) is 3.06. The van der Waals surface area contributed by atoms with Gasteiger partial charge in [-0.1, -0.05) is 11.6 Å². The van der Waals surface area contributed by atoms with Gasteiger partial charge in [-0.2, -0.15) is 0 Å². The quantitative estimate of drug-likeness (QED) is 0.870. The molecule has 0 radical (unpaired) electrons. The molecule has 2 nitrogen and oxygen atoms in total. The summed E-state index contributed by atoms with van der Waals surface area (Å²) in [5.41, 5.74) is 5.00. The molecule has 5 heteroatoms. The standard InChI is InChI=1S/C11H14ClF2NO/c1-2-16-10-4-3-8(7-9(10)12)11(13,14)5-6-15/h3-4,7H,2,5-6,15H2,1H3. The SMILES string of the molecule is CCOc1ccc(C(F)(F)CCN)cc1Cl. The van der Waals surface area contributed by atoms with E-state index in [9.17, 15) is 8.78 Å². The molecule has 16 heavy (non-hydrogen) atoms. The van der Waals surface area contributed by atoms with Crippen molar-refractivity contribution in [3.8, 4) is 5.75 Å². The summed E-state index contributed by atoms with van der Waals surface area (Å²) in [6.45, 7) is 2.17. The first-order valence-electron chi connectivity index (χ1n) is 5.02. The van der Waals surface area contributed by atoms with Gasteiger partial charge < -0.3 is 10.5 Å². The van der Waals surface area contributed by atoms with Crippen molar-refractivity contribution in [2.45, 2.75) is 19.3 Å². The zero-order valence-electron chi connectivity index (χ0n) is 8.97. The Kier molecular flexibility index (Phi) is 4.50. The number of hydrogen-bond acceptors (Lipinski definition) is 2. The molecule has 0 aliphatic heterocycles. The number of benzene rings is 1. The number of alkyl halides is 2. The second kappa shape index (κ2) is 5.46. The molecule has 1 rings (SSSR count). The van der Waals surface area contributed by atoms with Crippen molar-refractivity contribution in [2.24, 2.45) is 5.73 Å². The van der Waals surface area contributed by atoms with E-state index in [1.807, 2.05) is 0 Å². The average molecular weight is 250 g/mol. The molecule has 0 atom stereocenters. The molecular weight excluding hydrogens is 236 g/mol. The highest BCUT2D eigenvalue weighted by molar-refractivity contribution is 6.32. The zero-order valence-corrected chi connectivity index (χ0v) is 9.73. The highest BCUT2D eigenvalue weighted by Gasteiger charge is 2.30. The lowest BCUT2D eigenvalue weighted by Gasteiger charge is -2.16. The van der Waals surface area contributed by atoms with Gasteiger partial charge in [0.25, 0.3) is 5.92 Å². The molecule has 2 N–H and O–H groups in total. The lowest BCUT2D eigenvalue weighted by Crippen LogP contribution is -2.18. The summed E-state index contributed by atoms with van der Waals surface area (Å²) in [4.78, 5) is 0. The Morgan fingerprint density at radius 3 is 2.62 bits per heavy atom. The predicted octanol–water partition coefficient (Wildman–Crippen LogP) is 3.18. The van der Waals surface area contributed by atoms with Crippen molar-refractivity contribution in [1.82, 2.24) is 0 Å². The van der Waals surface area contributed by atoms with Gasteiger partial charge in [0.2, 0.25) is 0 Å². The third-order valence-corrected chi connectivity index (χ3v) is 2.41. The summed E-state index contributed by atoms with van der Waals surface area (Å²) in [5.74, 6) is -2.53. The fraction of sp³-hybridized carbons (Fsp3) is 0.455. The van der Waals surface area contributed by atoms with Gasteiger partial charge in [-0.3, -0.25) is 0 Å². The highest BCUT2D eigenvalue weighted by atomic mass is 35.5. The number of ether oxygens (including phenoxy) is 1. The number of halogens is 3. The van der Waals surface area contributed by atoms with Crippen LogP contribution in [-0.2, 0) is 5.92 Å². The van der Waals surface area contributed by atoms with Crippen LogP contribution in [0.4, 0.5) is 8.78 Å². The molecule has 0 saturated heterocycles. The summed E-state index contributed by atoms with van der Waals surface area (Å²) in [5, 5.41) is 0.191. The Morgan fingerprint density at radius 1 is 1.44 bits per heavy atom.